The van der Waals surface area contributed by atoms with Crippen molar-refractivity contribution in [2.24, 2.45) is 7.05 Å². The Morgan fingerprint density at radius 3 is 2.45 bits per heavy atom. The molecule has 0 bridgehead atoms. The fourth-order valence-electron chi connectivity index (χ4n) is 1.72. The highest BCUT2D eigenvalue weighted by molar-refractivity contribution is 9.12. The number of ether oxygens (including phenoxy) is 1. The second-order valence-electron chi connectivity index (χ2n) is 4.08. The van der Waals surface area contributed by atoms with Crippen LogP contribution < -0.4 is 0 Å². The Morgan fingerprint density at radius 2 is 2.05 bits per heavy atom. The van der Waals surface area contributed by atoms with E-state index < -0.39 is 21.2 Å². The average molecular weight is 422 g/mol. The Balaban J connectivity index is 3.42. The number of rotatable bonds is 5. The number of alkyl halides is 5. The predicted octanol–water partition coefficient (Wildman–Crippen LogP) is 3.51. The Bertz CT molecular complexity index is 505. The monoisotopic (exact) mass is 420 g/mol. The maximum Gasteiger partial charge on any atom is 0.435 e. The van der Waals surface area contributed by atoms with Crippen molar-refractivity contribution in [1.82, 2.24) is 9.78 Å². The number of halogens is 5. The maximum atomic E-state index is 13.0. The first-order chi connectivity index (χ1) is 9.08. The van der Waals surface area contributed by atoms with Crippen molar-refractivity contribution in [2.45, 2.75) is 29.4 Å². The molecule has 1 rings (SSSR count). The van der Waals surface area contributed by atoms with Gasteiger partial charge in [0.1, 0.15) is 0 Å². The summed E-state index contributed by atoms with van der Waals surface area (Å²) in [6, 6.07) is 0. The minimum atomic E-state index is -4.61. The average Bonchev–Trinajstić information content (AvgIpc) is 2.65. The summed E-state index contributed by atoms with van der Waals surface area (Å²) >= 11 is 6.17. The summed E-state index contributed by atoms with van der Waals surface area (Å²) in [5.74, 6) is 0. The van der Waals surface area contributed by atoms with E-state index in [9.17, 15) is 18.0 Å². The van der Waals surface area contributed by atoms with Gasteiger partial charge in [0, 0.05) is 24.9 Å². The molecule has 0 aliphatic carbocycles. The lowest BCUT2D eigenvalue weighted by atomic mass is 10.1. The Kier molecular flexibility index (Phi) is 5.42. The van der Waals surface area contributed by atoms with Gasteiger partial charge in [0.2, 0.25) is 0 Å². The summed E-state index contributed by atoms with van der Waals surface area (Å²) < 4.78 is 43.9. The maximum absolute atomic E-state index is 13.0. The number of hydrogen-bond acceptors (Lipinski definition) is 3. The minimum absolute atomic E-state index is 0.127. The van der Waals surface area contributed by atoms with Gasteiger partial charge in [0.15, 0.2) is 16.5 Å². The Morgan fingerprint density at radius 1 is 1.50 bits per heavy atom. The topological polar surface area (TPSA) is 44.1 Å². The minimum Gasteiger partial charge on any atom is -0.355 e. The van der Waals surface area contributed by atoms with Crippen LogP contribution in [0.4, 0.5) is 13.2 Å². The molecular formula is C11H13Br2F3N2O2. The summed E-state index contributed by atoms with van der Waals surface area (Å²) in [6.45, 7) is 3.29. The zero-order valence-corrected chi connectivity index (χ0v) is 14.1. The van der Waals surface area contributed by atoms with E-state index in [1.807, 2.05) is 0 Å². The Labute approximate surface area is 130 Å². The van der Waals surface area contributed by atoms with Gasteiger partial charge < -0.3 is 4.74 Å². The molecule has 0 aliphatic heterocycles. The molecule has 0 spiro atoms. The van der Waals surface area contributed by atoms with Crippen molar-refractivity contribution in [2.75, 3.05) is 6.61 Å². The molecule has 4 nitrogen and oxygen atoms in total. The highest BCUT2D eigenvalue weighted by Crippen LogP contribution is 2.46. The standard InChI is InChI=1S/C11H13Br2F3N2O2/c1-4-20-10(13,5-19)8(12)7-6(2)18(3)17-9(7)11(14,15)16/h5,8H,4H2,1-3H3. The molecule has 0 fully saturated rings. The highest BCUT2D eigenvalue weighted by atomic mass is 79.9. The number of aldehydes is 1. The van der Waals surface area contributed by atoms with Gasteiger partial charge in [0.05, 0.1) is 4.83 Å². The van der Waals surface area contributed by atoms with Crippen molar-refractivity contribution >= 4 is 38.1 Å². The molecule has 0 aromatic carbocycles. The van der Waals surface area contributed by atoms with Crippen LogP contribution in [0.5, 0.6) is 0 Å². The summed E-state index contributed by atoms with van der Waals surface area (Å²) in [5.41, 5.74) is -0.869. The van der Waals surface area contributed by atoms with Gasteiger partial charge in [0.25, 0.3) is 0 Å². The van der Waals surface area contributed by atoms with E-state index in [-0.39, 0.29) is 12.2 Å². The molecule has 114 valence electrons. The molecule has 2 atom stereocenters. The van der Waals surface area contributed by atoms with Gasteiger partial charge in [-0.2, -0.15) is 18.3 Å². The van der Waals surface area contributed by atoms with Crippen LogP contribution in [0.25, 0.3) is 0 Å². The van der Waals surface area contributed by atoms with E-state index in [0.717, 1.165) is 4.68 Å². The van der Waals surface area contributed by atoms with E-state index >= 15 is 0 Å². The number of carbonyl (C=O) groups is 1. The first-order valence-corrected chi connectivity index (χ1v) is 7.33. The molecule has 0 amide bonds. The van der Waals surface area contributed by atoms with Crippen LogP contribution in [0, 0.1) is 6.92 Å². The smallest absolute Gasteiger partial charge is 0.355 e. The third-order valence-corrected chi connectivity index (χ3v) is 5.40. The summed E-state index contributed by atoms with van der Waals surface area (Å²) in [4.78, 5) is 10.2. The van der Waals surface area contributed by atoms with Crippen LogP contribution >= 0.6 is 31.9 Å². The first kappa shape index (κ1) is 17.6. The second kappa shape index (κ2) is 6.15. The van der Waals surface area contributed by atoms with Crippen LogP contribution in [0.1, 0.15) is 28.7 Å². The molecule has 0 N–H and O–H groups in total. The molecule has 1 aromatic heterocycles. The van der Waals surface area contributed by atoms with Gasteiger partial charge in [-0.3, -0.25) is 9.48 Å². The van der Waals surface area contributed by atoms with Crippen molar-refractivity contribution in [3.05, 3.63) is 17.0 Å². The van der Waals surface area contributed by atoms with Crippen LogP contribution in [-0.4, -0.2) is 27.2 Å². The largest absolute Gasteiger partial charge is 0.435 e. The van der Waals surface area contributed by atoms with Crippen molar-refractivity contribution in [3.63, 3.8) is 0 Å². The molecule has 1 aromatic rings. The molecule has 2 unspecified atom stereocenters. The van der Waals surface area contributed by atoms with E-state index in [1.54, 1.807) is 6.92 Å². The summed E-state index contributed by atoms with van der Waals surface area (Å²) in [7, 11) is 1.41. The normalized spacial score (nSPS) is 16.8. The van der Waals surface area contributed by atoms with Crippen LogP contribution in [0.3, 0.4) is 0 Å². The van der Waals surface area contributed by atoms with Gasteiger partial charge >= 0.3 is 6.18 Å². The van der Waals surface area contributed by atoms with Crippen LogP contribution in [0.2, 0.25) is 0 Å². The molecule has 0 saturated heterocycles. The van der Waals surface area contributed by atoms with Gasteiger partial charge in [-0.05, 0) is 29.8 Å². The third-order valence-electron chi connectivity index (χ3n) is 2.77. The van der Waals surface area contributed by atoms with Crippen LogP contribution in [-0.2, 0) is 22.8 Å². The number of nitrogens with zero attached hydrogens (tertiary/aromatic N) is 2. The summed E-state index contributed by atoms with van der Waals surface area (Å²) in [5, 5.41) is 3.48. The lowest BCUT2D eigenvalue weighted by Gasteiger charge is -2.27. The Hall–Kier alpha value is -0.410. The second-order valence-corrected chi connectivity index (χ2v) is 6.24. The SMILES string of the molecule is CCOC(Br)(C=O)C(Br)c1c(C(F)(F)F)nn(C)c1C. The van der Waals surface area contributed by atoms with Crippen LogP contribution in [0.15, 0.2) is 0 Å². The quantitative estimate of drug-likeness (QED) is 0.539. The molecule has 0 radical (unpaired) electrons. The molecular weight excluding hydrogens is 409 g/mol. The van der Waals surface area contributed by atoms with Crippen molar-refractivity contribution < 1.29 is 22.7 Å². The van der Waals surface area contributed by atoms with Gasteiger partial charge in [-0.1, -0.05) is 15.9 Å². The summed E-state index contributed by atoms with van der Waals surface area (Å²) in [6.07, 6.45) is -4.20. The zero-order chi connectivity index (χ0) is 15.7. The van der Waals surface area contributed by atoms with E-state index in [1.165, 1.54) is 14.0 Å². The highest BCUT2D eigenvalue weighted by Gasteiger charge is 2.46. The molecule has 20 heavy (non-hydrogen) atoms. The molecule has 0 aliphatic rings. The molecule has 0 saturated carbocycles. The van der Waals surface area contributed by atoms with Crippen molar-refractivity contribution in [3.8, 4) is 0 Å². The predicted molar refractivity (Wildman–Crippen MR) is 74.0 cm³/mol. The zero-order valence-electron chi connectivity index (χ0n) is 11.0. The molecule has 9 heteroatoms. The fraction of sp³-hybridized carbons (Fsp3) is 0.636. The van der Waals surface area contributed by atoms with Crippen molar-refractivity contribution in [1.29, 1.82) is 0 Å². The lowest BCUT2D eigenvalue weighted by molar-refractivity contribution is -0.142. The molecule has 1 heterocycles. The lowest BCUT2D eigenvalue weighted by Crippen LogP contribution is -2.33. The first-order valence-electron chi connectivity index (χ1n) is 5.62. The fourth-order valence-corrected chi connectivity index (χ4v) is 2.97. The van der Waals surface area contributed by atoms with Gasteiger partial charge in [-0.25, -0.2) is 0 Å². The number of aromatic nitrogens is 2. The van der Waals surface area contributed by atoms with E-state index in [4.69, 9.17) is 4.74 Å². The van der Waals surface area contributed by atoms with E-state index in [0.29, 0.717) is 12.0 Å². The van der Waals surface area contributed by atoms with Gasteiger partial charge in [-0.15, -0.1) is 0 Å². The third kappa shape index (κ3) is 3.25. The van der Waals surface area contributed by atoms with E-state index in [2.05, 4.69) is 37.0 Å². The number of hydrogen-bond donors (Lipinski definition) is 0. The number of carbonyl (C=O) groups excluding carboxylic acids is 1. The number of aryl methyl sites for hydroxylation is 1.